The average Bonchev–Trinajstić information content (AvgIpc) is 3.28. The summed E-state index contributed by atoms with van der Waals surface area (Å²) in [5.41, 5.74) is 8.84. The zero-order valence-electron chi connectivity index (χ0n) is 22.6. The topological polar surface area (TPSA) is 133 Å². The summed E-state index contributed by atoms with van der Waals surface area (Å²) in [5, 5.41) is 0. The molecule has 0 fully saturated rings. The Kier molecular flexibility index (Phi) is 10.7. The van der Waals surface area contributed by atoms with Crippen LogP contribution in [-0.2, 0) is 23.1 Å². The second-order valence-electron chi connectivity index (χ2n) is 8.58. The number of nitrogen functional groups attached to an aromatic ring is 1. The highest BCUT2D eigenvalue weighted by Gasteiger charge is 2.35. The first-order valence-electron chi connectivity index (χ1n) is 12.8. The van der Waals surface area contributed by atoms with Gasteiger partial charge in [0.05, 0.1) is 25.9 Å². The van der Waals surface area contributed by atoms with Crippen molar-refractivity contribution in [1.82, 2.24) is 19.5 Å². The van der Waals surface area contributed by atoms with E-state index in [4.69, 9.17) is 29.0 Å². The van der Waals surface area contributed by atoms with Gasteiger partial charge in [0.1, 0.15) is 19.1 Å². The maximum Gasteiger partial charge on any atom is 0.356 e. The summed E-state index contributed by atoms with van der Waals surface area (Å²) in [6.45, 7) is 4.58. The molecule has 0 amide bonds. The molecule has 2 atom stereocenters. The molecule has 0 aliphatic rings. The zero-order chi connectivity index (χ0) is 28.5. The molecule has 0 saturated carbocycles. The van der Waals surface area contributed by atoms with Gasteiger partial charge in [-0.3, -0.25) is 9.13 Å². The Bertz CT molecular complexity index is 1420. The lowest BCUT2D eigenvalue weighted by Gasteiger charge is -2.31. The van der Waals surface area contributed by atoms with Crippen LogP contribution in [0.2, 0.25) is 0 Å². The van der Waals surface area contributed by atoms with Crippen LogP contribution in [0.1, 0.15) is 37.1 Å². The first kappa shape index (κ1) is 30.1. The van der Waals surface area contributed by atoms with E-state index in [0.29, 0.717) is 22.5 Å². The molecule has 214 valence electrons. The van der Waals surface area contributed by atoms with Crippen molar-refractivity contribution in [1.29, 1.82) is 0 Å². The summed E-state index contributed by atoms with van der Waals surface area (Å²) in [4.78, 5) is 13.6. The van der Waals surface area contributed by atoms with E-state index < -0.39 is 19.7 Å². The molecule has 13 heteroatoms. The third-order valence-electron chi connectivity index (χ3n) is 5.92. The fourth-order valence-electron chi connectivity index (χ4n) is 4.27. The number of methoxy groups -OCH3 is 1. The second-order valence-corrected chi connectivity index (χ2v) is 11.3. The Hall–Kier alpha value is -2.86. The fourth-order valence-corrected chi connectivity index (χ4v) is 6.19. The number of hydrogen-bond donors (Lipinski definition) is 1. The SMILES string of the molecule is CCOP(=O)(COC(c1ccccc1)C(c1ccccc1)n1c(Br)nc2c(N)nc(OCCOC)nc21)OCC. The number of aromatic nitrogens is 4. The van der Waals surface area contributed by atoms with E-state index in [1.165, 1.54) is 0 Å². The van der Waals surface area contributed by atoms with Gasteiger partial charge < -0.3 is 29.0 Å². The maximum atomic E-state index is 13.4. The molecule has 2 N–H and O–H groups in total. The van der Waals surface area contributed by atoms with Crippen LogP contribution in [0, 0.1) is 0 Å². The van der Waals surface area contributed by atoms with Crippen molar-refractivity contribution in [3.63, 3.8) is 0 Å². The summed E-state index contributed by atoms with van der Waals surface area (Å²) in [5.74, 6) is 0.165. The summed E-state index contributed by atoms with van der Waals surface area (Å²) in [6.07, 6.45) is -0.926. The minimum atomic E-state index is -3.53. The van der Waals surface area contributed by atoms with Crippen LogP contribution >= 0.6 is 23.5 Å². The highest BCUT2D eigenvalue weighted by molar-refractivity contribution is 9.10. The van der Waals surface area contributed by atoms with E-state index in [9.17, 15) is 4.57 Å². The number of hydrogen-bond acceptors (Lipinski definition) is 10. The molecule has 4 rings (SSSR count). The quantitative estimate of drug-likeness (QED) is 0.0977. The monoisotopic (exact) mass is 633 g/mol. The number of halogens is 1. The van der Waals surface area contributed by atoms with Crippen LogP contribution in [0.3, 0.4) is 0 Å². The molecule has 2 aromatic heterocycles. The predicted molar refractivity (Wildman–Crippen MR) is 155 cm³/mol. The number of imidazole rings is 1. The summed E-state index contributed by atoms with van der Waals surface area (Å²) < 4.78 is 44.0. The molecule has 0 aliphatic carbocycles. The van der Waals surface area contributed by atoms with Crippen molar-refractivity contribution in [3.05, 3.63) is 76.5 Å². The van der Waals surface area contributed by atoms with Crippen LogP contribution in [0.4, 0.5) is 5.82 Å². The van der Waals surface area contributed by atoms with Gasteiger partial charge in [-0.2, -0.15) is 9.97 Å². The van der Waals surface area contributed by atoms with Crippen LogP contribution in [0.15, 0.2) is 65.4 Å². The van der Waals surface area contributed by atoms with Gasteiger partial charge in [0.2, 0.25) is 0 Å². The minimum Gasteiger partial charge on any atom is -0.461 e. The highest BCUT2D eigenvalue weighted by atomic mass is 79.9. The Balaban J connectivity index is 1.88. The lowest BCUT2D eigenvalue weighted by molar-refractivity contribution is 0.0395. The molecule has 2 heterocycles. The summed E-state index contributed by atoms with van der Waals surface area (Å²) >= 11 is 3.62. The molecule has 0 saturated heterocycles. The smallest absolute Gasteiger partial charge is 0.356 e. The number of nitrogens with two attached hydrogens (primary N) is 1. The van der Waals surface area contributed by atoms with E-state index in [-0.39, 0.29) is 38.0 Å². The van der Waals surface area contributed by atoms with Crippen molar-refractivity contribution < 1.29 is 27.8 Å². The number of rotatable bonds is 15. The molecule has 0 bridgehead atoms. The normalized spacial score (nSPS) is 13.4. The molecule has 2 aromatic carbocycles. The van der Waals surface area contributed by atoms with E-state index in [1.807, 2.05) is 65.2 Å². The summed E-state index contributed by atoms with van der Waals surface area (Å²) in [6, 6.07) is 19.0. The lowest BCUT2D eigenvalue weighted by atomic mass is 9.95. The lowest BCUT2D eigenvalue weighted by Crippen LogP contribution is -2.23. The fraction of sp³-hybridized carbons (Fsp3) is 0.370. The van der Waals surface area contributed by atoms with E-state index in [0.717, 1.165) is 11.1 Å². The van der Waals surface area contributed by atoms with Gasteiger partial charge in [-0.25, -0.2) is 4.98 Å². The van der Waals surface area contributed by atoms with Crippen molar-refractivity contribution in [2.45, 2.75) is 26.0 Å². The third-order valence-corrected chi connectivity index (χ3v) is 8.25. The van der Waals surface area contributed by atoms with E-state index >= 15 is 0 Å². The maximum absolute atomic E-state index is 13.4. The largest absolute Gasteiger partial charge is 0.461 e. The van der Waals surface area contributed by atoms with Crippen molar-refractivity contribution in [2.75, 3.05) is 45.6 Å². The molecular weight excluding hydrogens is 601 g/mol. The van der Waals surface area contributed by atoms with Crippen molar-refractivity contribution in [3.8, 4) is 6.01 Å². The van der Waals surface area contributed by atoms with Gasteiger partial charge >= 0.3 is 13.6 Å². The molecule has 0 radical (unpaired) electrons. The zero-order valence-corrected chi connectivity index (χ0v) is 25.1. The van der Waals surface area contributed by atoms with Crippen molar-refractivity contribution >= 4 is 40.5 Å². The molecule has 0 spiro atoms. The van der Waals surface area contributed by atoms with Crippen LogP contribution < -0.4 is 10.5 Å². The van der Waals surface area contributed by atoms with Crippen LogP contribution in [0.5, 0.6) is 6.01 Å². The first-order chi connectivity index (χ1) is 19.4. The van der Waals surface area contributed by atoms with Crippen LogP contribution in [-0.4, -0.2) is 59.4 Å². The predicted octanol–water partition coefficient (Wildman–Crippen LogP) is 5.77. The molecule has 2 unspecified atom stereocenters. The van der Waals surface area contributed by atoms with Gasteiger partial charge in [0.25, 0.3) is 0 Å². The Morgan fingerprint density at radius 2 is 1.55 bits per heavy atom. The Labute approximate surface area is 241 Å². The summed E-state index contributed by atoms with van der Waals surface area (Å²) in [7, 11) is -1.95. The Morgan fingerprint density at radius 3 is 2.15 bits per heavy atom. The number of nitrogens with zero attached hydrogens (tertiary/aromatic N) is 4. The molecule has 4 aromatic rings. The molecular formula is C27H33BrN5O6P. The molecule has 40 heavy (non-hydrogen) atoms. The van der Waals surface area contributed by atoms with E-state index in [1.54, 1.807) is 21.0 Å². The minimum absolute atomic E-state index is 0.0943. The average molecular weight is 634 g/mol. The van der Waals surface area contributed by atoms with Gasteiger partial charge in [-0.05, 0) is 40.9 Å². The highest BCUT2D eigenvalue weighted by Crippen LogP contribution is 2.50. The number of benzene rings is 2. The second kappa shape index (κ2) is 14.2. The van der Waals surface area contributed by atoms with Gasteiger partial charge in [0, 0.05) is 7.11 Å². The van der Waals surface area contributed by atoms with Gasteiger partial charge in [0.15, 0.2) is 21.7 Å². The van der Waals surface area contributed by atoms with Crippen LogP contribution in [0.25, 0.3) is 11.2 Å². The number of ether oxygens (including phenoxy) is 3. The standard InChI is InChI=1S/C27H33BrN5O6P/c1-4-38-40(34,39-5-2)18-37-23(20-14-10-7-11-15-20)22(19-12-8-6-9-13-19)33-25-21(30-26(33)28)24(29)31-27(32-25)36-17-16-35-3/h6-15,22-23H,4-5,16-18H2,1-3H3,(H2,29,31,32). The first-order valence-corrected chi connectivity index (χ1v) is 15.3. The van der Waals surface area contributed by atoms with Gasteiger partial charge in [-0.15, -0.1) is 0 Å². The van der Waals surface area contributed by atoms with Crippen molar-refractivity contribution in [2.24, 2.45) is 0 Å². The number of fused-ring (bicyclic) bond motifs is 1. The Morgan fingerprint density at radius 1 is 0.925 bits per heavy atom. The molecule has 0 aliphatic heterocycles. The third kappa shape index (κ3) is 7.06. The number of anilines is 1. The van der Waals surface area contributed by atoms with E-state index in [2.05, 4.69) is 30.9 Å². The molecule has 11 nitrogen and oxygen atoms in total. The van der Waals surface area contributed by atoms with Gasteiger partial charge in [-0.1, -0.05) is 60.7 Å².